The first-order valence-corrected chi connectivity index (χ1v) is 9.25. The van der Waals surface area contributed by atoms with E-state index >= 15 is 0 Å². The van der Waals surface area contributed by atoms with E-state index in [9.17, 15) is 4.79 Å². The van der Waals surface area contributed by atoms with Gasteiger partial charge in [0, 0.05) is 28.0 Å². The molecule has 4 atom stereocenters. The molecule has 1 aromatic carbocycles. The Labute approximate surface area is 150 Å². The summed E-state index contributed by atoms with van der Waals surface area (Å²) in [7, 11) is 0. The average molecular weight is 336 g/mol. The minimum Gasteiger partial charge on any atom is -0.422 e. The zero-order valence-electron chi connectivity index (χ0n) is 16.6. The van der Waals surface area contributed by atoms with Gasteiger partial charge in [-0.1, -0.05) is 39.5 Å². The van der Waals surface area contributed by atoms with Crippen LogP contribution in [0.15, 0.2) is 9.21 Å². The maximum atomic E-state index is 12.2. The topological polar surface area (TPSA) is 30.2 Å². The summed E-state index contributed by atoms with van der Waals surface area (Å²) in [5.74, 6) is 8.73. The molecule has 1 aromatic heterocycles. The fourth-order valence-corrected chi connectivity index (χ4v) is 4.31. The average Bonchev–Trinajstić information content (AvgIpc) is 2.58. The molecular weight excluding hydrogens is 308 g/mol. The van der Waals surface area contributed by atoms with Crippen molar-refractivity contribution in [2.45, 2.75) is 61.3 Å². The van der Waals surface area contributed by atoms with E-state index in [0.29, 0.717) is 34.8 Å². The van der Waals surface area contributed by atoms with Crippen LogP contribution in [0.1, 0.15) is 67.0 Å². The Kier molecular flexibility index (Phi) is 4.31. The number of rotatable bonds is 0. The van der Waals surface area contributed by atoms with Gasteiger partial charge >= 0.3 is 5.63 Å². The van der Waals surface area contributed by atoms with Gasteiger partial charge in [0.1, 0.15) is 5.58 Å². The van der Waals surface area contributed by atoms with Crippen LogP contribution in [0.3, 0.4) is 0 Å². The molecule has 0 fully saturated rings. The molecule has 4 unspecified atom stereocenters. The van der Waals surface area contributed by atoms with Crippen molar-refractivity contribution in [3.63, 3.8) is 0 Å². The van der Waals surface area contributed by atoms with E-state index in [1.807, 2.05) is 20.8 Å². The minimum absolute atomic E-state index is 0.241. The molecule has 2 heteroatoms. The highest BCUT2D eigenvalue weighted by molar-refractivity contribution is 5.90. The van der Waals surface area contributed by atoms with E-state index < -0.39 is 0 Å². The van der Waals surface area contributed by atoms with Gasteiger partial charge in [-0.05, 0) is 62.1 Å². The Morgan fingerprint density at radius 3 is 2.12 bits per heavy atom. The summed E-state index contributed by atoms with van der Waals surface area (Å²) in [6.45, 7) is 17.3. The second-order valence-corrected chi connectivity index (χ2v) is 7.95. The van der Waals surface area contributed by atoms with Crippen molar-refractivity contribution in [3.05, 3.63) is 43.8 Å². The van der Waals surface area contributed by atoms with E-state index in [1.165, 1.54) is 11.1 Å². The van der Waals surface area contributed by atoms with Crippen molar-refractivity contribution in [2.24, 2.45) is 17.8 Å². The number of aryl methyl sites for hydroxylation is 3. The lowest BCUT2D eigenvalue weighted by Gasteiger charge is -2.33. The molecular formula is C23H28O2. The fourth-order valence-electron chi connectivity index (χ4n) is 4.31. The van der Waals surface area contributed by atoms with E-state index in [4.69, 9.17) is 4.42 Å². The summed E-state index contributed by atoms with van der Waals surface area (Å²) >= 11 is 0. The Hall–Kier alpha value is -2.01. The quantitative estimate of drug-likeness (QED) is 0.476. The third-order valence-electron chi connectivity index (χ3n) is 6.72. The SMILES string of the molecule is Cc1c(C)c2c(C)c3c(c(C)c2oc1=O)C#CC(C)C(C)C(C)C3C. The van der Waals surface area contributed by atoms with Gasteiger partial charge in [0.2, 0.25) is 0 Å². The summed E-state index contributed by atoms with van der Waals surface area (Å²) in [5, 5.41) is 1.09. The highest BCUT2D eigenvalue weighted by Gasteiger charge is 2.30. The van der Waals surface area contributed by atoms with E-state index in [2.05, 4.69) is 46.5 Å². The first-order valence-electron chi connectivity index (χ1n) is 9.25. The molecule has 0 aliphatic heterocycles. The van der Waals surface area contributed by atoms with Gasteiger partial charge in [0.15, 0.2) is 0 Å². The van der Waals surface area contributed by atoms with Gasteiger partial charge in [-0.3, -0.25) is 0 Å². The molecule has 0 bridgehead atoms. The summed E-state index contributed by atoms with van der Waals surface area (Å²) in [6, 6.07) is 0. The predicted molar refractivity (Wildman–Crippen MR) is 104 cm³/mol. The molecule has 0 amide bonds. The fraction of sp³-hybridized carbons (Fsp3) is 0.522. The number of hydrogen-bond acceptors (Lipinski definition) is 2. The zero-order valence-corrected chi connectivity index (χ0v) is 16.6. The molecule has 2 nitrogen and oxygen atoms in total. The van der Waals surface area contributed by atoms with Gasteiger partial charge in [-0.2, -0.15) is 0 Å². The zero-order chi connectivity index (χ0) is 18.6. The molecule has 1 aliphatic carbocycles. The standard InChI is InChI=1S/C23H28O2/c1-11-9-10-19-17(7)22-21(15(5)16(6)23(24)25-22)18(8)20(19)14(4)13(3)12(11)2/h11-14H,1-8H3. The highest BCUT2D eigenvalue weighted by atomic mass is 16.4. The third-order valence-corrected chi connectivity index (χ3v) is 6.72. The molecule has 25 heavy (non-hydrogen) atoms. The summed E-state index contributed by atoms with van der Waals surface area (Å²) in [4.78, 5) is 12.2. The molecule has 3 rings (SSSR count). The molecule has 0 radical (unpaired) electrons. The second-order valence-electron chi connectivity index (χ2n) is 7.95. The van der Waals surface area contributed by atoms with Crippen LogP contribution < -0.4 is 5.63 Å². The van der Waals surface area contributed by atoms with Gasteiger partial charge in [0.05, 0.1) is 0 Å². The first-order chi connectivity index (χ1) is 11.7. The monoisotopic (exact) mass is 336 g/mol. The van der Waals surface area contributed by atoms with Crippen LogP contribution in [0.25, 0.3) is 11.0 Å². The van der Waals surface area contributed by atoms with E-state index in [1.54, 1.807) is 0 Å². The predicted octanol–water partition coefficient (Wildman–Crippen LogP) is 5.40. The van der Waals surface area contributed by atoms with Gasteiger partial charge in [0.25, 0.3) is 0 Å². The molecule has 0 saturated heterocycles. The summed E-state index contributed by atoms with van der Waals surface area (Å²) in [5.41, 5.74) is 6.82. The Morgan fingerprint density at radius 2 is 1.48 bits per heavy atom. The molecule has 2 aromatic rings. The Bertz CT molecular complexity index is 982. The maximum Gasteiger partial charge on any atom is 0.339 e. The maximum absolute atomic E-state index is 12.2. The van der Waals surface area contributed by atoms with Crippen molar-refractivity contribution in [2.75, 3.05) is 0 Å². The van der Waals surface area contributed by atoms with Gasteiger partial charge in [-0.25, -0.2) is 4.79 Å². The van der Waals surface area contributed by atoms with Crippen LogP contribution in [0, 0.1) is 57.3 Å². The van der Waals surface area contributed by atoms with Crippen molar-refractivity contribution >= 4 is 11.0 Å². The lowest BCUT2D eigenvalue weighted by molar-refractivity contribution is 0.287. The number of fused-ring (bicyclic) bond motifs is 2. The Morgan fingerprint density at radius 1 is 0.840 bits per heavy atom. The Balaban J connectivity index is 2.52. The molecule has 0 saturated carbocycles. The van der Waals surface area contributed by atoms with Crippen molar-refractivity contribution in [3.8, 4) is 11.8 Å². The van der Waals surface area contributed by atoms with Crippen LogP contribution in [0.5, 0.6) is 0 Å². The van der Waals surface area contributed by atoms with E-state index in [0.717, 1.165) is 22.1 Å². The van der Waals surface area contributed by atoms with Gasteiger partial charge in [-0.15, -0.1) is 0 Å². The largest absolute Gasteiger partial charge is 0.422 e. The lowest BCUT2D eigenvalue weighted by Crippen LogP contribution is -2.24. The minimum atomic E-state index is -0.241. The van der Waals surface area contributed by atoms with Crippen molar-refractivity contribution in [1.82, 2.24) is 0 Å². The van der Waals surface area contributed by atoms with Crippen molar-refractivity contribution in [1.29, 1.82) is 0 Å². The smallest absolute Gasteiger partial charge is 0.339 e. The summed E-state index contributed by atoms with van der Waals surface area (Å²) in [6.07, 6.45) is 0. The number of benzene rings is 1. The van der Waals surface area contributed by atoms with Crippen LogP contribution in [-0.2, 0) is 0 Å². The molecule has 1 aliphatic rings. The molecule has 132 valence electrons. The van der Waals surface area contributed by atoms with Crippen molar-refractivity contribution < 1.29 is 4.42 Å². The third kappa shape index (κ3) is 2.53. The highest BCUT2D eigenvalue weighted by Crippen LogP contribution is 2.42. The lowest BCUT2D eigenvalue weighted by atomic mass is 9.71. The normalized spacial score (nSPS) is 25.8. The van der Waals surface area contributed by atoms with Crippen LogP contribution in [-0.4, -0.2) is 0 Å². The van der Waals surface area contributed by atoms with Crippen LogP contribution >= 0.6 is 0 Å². The molecule has 0 spiro atoms. The number of hydrogen-bond donors (Lipinski definition) is 0. The second kappa shape index (κ2) is 6.06. The molecule has 1 heterocycles. The van der Waals surface area contributed by atoms with Crippen LogP contribution in [0.2, 0.25) is 0 Å². The molecule has 0 N–H and O–H groups in total. The first kappa shape index (κ1) is 17.8. The van der Waals surface area contributed by atoms with Gasteiger partial charge < -0.3 is 4.42 Å². The van der Waals surface area contributed by atoms with Crippen LogP contribution in [0.4, 0.5) is 0 Å². The van der Waals surface area contributed by atoms with E-state index in [-0.39, 0.29) is 5.63 Å². The summed E-state index contributed by atoms with van der Waals surface area (Å²) < 4.78 is 5.71.